The molecule has 0 bridgehead atoms. The van der Waals surface area contributed by atoms with E-state index in [1.165, 1.54) is 0 Å². The zero-order chi connectivity index (χ0) is 13.6. The number of alkyl halides is 3. The van der Waals surface area contributed by atoms with E-state index in [1.54, 1.807) is 18.0 Å². The van der Waals surface area contributed by atoms with Gasteiger partial charge in [0.15, 0.2) is 0 Å². The fourth-order valence-corrected chi connectivity index (χ4v) is 1.10. The number of rotatable bonds is 6. The average Bonchev–Trinajstić information content (AvgIpc) is 2.23. The first-order chi connectivity index (χ1) is 7.70. The van der Waals surface area contributed by atoms with Crippen LogP contribution in [-0.4, -0.2) is 36.7 Å². The SMILES string of the molecule is C=C(/C=C\C)N(C)C(=C)CCN(C)C(F)(F)F. The molecule has 0 unspecified atom stereocenters. The summed E-state index contributed by atoms with van der Waals surface area (Å²) in [6.07, 6.45) is -0.463. The third-order valence-electron chi connectivity index (χ3n) is 2.43. The number of hydrogen-bond acceptors (Lipinski definition) is 2. The summed E-state index contributed by atoms with van der Waals surface area (Å²) in [7, 11) is 2.76. The van der Waals surface area contributed by atoms with Crippen LogP contribution in [0.15, 0.2) is 36.7 Å². The van der Waals surface area contributed by atoms with Crippen LogP contribution < -0.4 is 0 Å². The maximum absolute atomic E-state index is 12.2. The Balaban J connectivity index is 4.24. The summed E-state index contributed by atoms with van der Waals surface area (Å²) in [4.78, 5) is 2.02. The smallest absolute Gasteiger partial charge is 0.349 e. The molecule has 0 amide bonds. The Kier molecular flexibility index (Phi) is 6.02. The van der Waals surface area contributed by atoms with Gasteiger partial charge in [-0.3, -0.25) is 0 Å². The molecular formula is C12H19F3N2. The second-order valence-corrected chi connectivity index (χ2v) is 3.76. The van der Waals surface area contributed by atoms with Crippen molar-refractivity contribution in [2.75, 3.05) is 20.6 Å². The Morgan fingerprint density at radius 3 is 2.18 bits per heavy atom. The lowest BCUT2D eigenvalue weighted by Crippen LogP contribution is -2.35. The van der Waals surface area contributed by atoms with Crippen LogP contribution in [-0.2, 0) is 0 Å². The minimum absolute atomic E-state index is 0.115. The van der Waals surface area contributed by atoms with E-state index < -0.39 is 6.30 Å². The normalized spacial score (nSPS) is 12.2. The van der Waals surface area contributed by atoms with Crippen molar-refractivity contribution < 1.29 is 13.2 Å². The van der Waals surface area contributed by atoms with E-state index in [0.717, 1.165) is 7.05 Å². The lowest BCUT2D eigenvalue weighted by molar-refractivity contribution is -0.236. The summed E-state index contributed by atoms with van der Waals surface area (Å²) >= 11 is 0. The van der Waals surface area contributed by atoms with E-state index >= 15 is 0 Å². The Hall–Kier alpha value is -1.23. The van der Waals surface area contributed by atoms with Crippen LogP contribution in [0.5, 0.6) is 0 Å². The van der Waals surface area contributed by atoms with Crippen LogP contribution in [0.1, 0.15) is 13.3 Å². The lowest BCUT2D eigenvalue weighted by Gasteiger charge is -2.25. The first-order valence-corrected chi connectivity index (χ1v) is 5.21. The molecule has 0 saturated heterocycles. The van der Waals surface area contributed by atoms with E-state index in [0.29, 0.717) is 16.3 Å². The van der Waals surface area contributed by atoms with Gasteiger partial charge < -0.3 is 4.90 Å². The molecule has 98 valence electrons. The van der Waals surface area contributed by atoms with Gasteiger partial charge in [0.25, 0.3) is 0 Å². The van der Waals surface area contributed by atoms with Gasteiger partial charge in [-0.1, -0.05) is 19.2 Å². The number of hydrogen-bond donors (Lipinski definition) is 0. The molecular weight excluding hydrogens is 229 g/mol. The van der Waals surface area contributed by atoms with Crippen LogP contribution in [0.3, 0.4) is 0 Å². The van der Waals surface area contributed by atoms with E-state index in [1.807, 2.05) is 13.0 Å². The molecule has 0 radical (unpaired) electrons. The first-order valence-electron chi connectivity index (χ1n) is 5.21. The minimum Gasteiger partial charge on any atom is -0.349 e. The third-order valence-corrected chi connectivity index (χ3v) is 2.43. The summed E-state index contributed by atoms with van der Waals surface area (Å²) in [5.74, 6) is 0. The van der Waals surface area contributed by atoms with Gasteiger partial charge >= 0.3 is 6.30 Å². The predicted molar refractivity (Wildman–Crippen MR) is 64.2 cm³/mol. The molecule has 0 aliphatic rings. The number of halogens is 3. The first kappa shape index (κ1) is 15.8. The van der Waals surface area contributed by atoms with Crippen molar-refractivity contribution in [3.8, 4) is 0 Å². The second-order valence-electron chi connectivity index (χ2n) is 3.76. The minimum atomic E-state index is -4.29. The van der Waals surface area contributed by atoms with Gasteiger partial charge in [-0.2, -0.15) is 13.2 Å². The van der Waals surface area contributed by atoms with Crippen LogP contribution in [0.4, 0.5) is 13.2 Å². The Labute approximate surface area is 101 Å². The maximum Gasteiger partial charge on any atom is 0.459 e. The van der Waals surface area contributed by atoms with Crippen molar-refractivity contribution >= 4 is 0 Å². The van der Waals surface area contributed by atoms with Crippen LogP contribution in [0.2, 0.25) is 0 Å². The topological polar surface area (TPSA) is 6.48 Å². The zero-order valence-electron chi connectivity index (χ0n) is 10.5. The monoisotopic (exact) mass is 248 g/mol. The number of nitrogens with zero attached hydrogens (tertiary/aromatic N) is 2. The Morgan fingerprint density at radius 1 is 1.24 bits per heavy atom. The van der Waals surface area contributed by atoms with E-state index in [2.05, 4.69) is 13.2 Å². The quantitative estimate of drug-likeness (QED) is 0.525. The van der Waals surface area contributed by atoms with Gasteiger partial charge in [0.2, 0.25) is 0 Å². The molecule has 0 atom stereocenters. The maximum atomic E-state index is 12.2. The molecule has 0 saturated carbocycles. The molecule has 2 nitrogen and oxygen atoms in total. The van der Waals surface area contributed by atoms with Crippen molar-refractivity contribution in [1.82, 2.24) is 9.80 Å². The summed E-state index contributed by atoms with van der Waals surface area (Å²) in [6.45, 7) is 9.26. The van der Waals surface area contributed by atoms with Crippen molar-refractivity contribution in [2.24, 2.45) is 0 Å². The Morgan fingerprint density at radius 2 is 1.76 bits per heavy atom. The highest BCUT2D eigenvalue weighted by Gasteiger charge is 2.33. The molecule has 0 rings (SSSR count). The highest BCUT2D eigenvalue weighted by atomic mass is 19.4. The van der Waals surface area contributed by atoms with Crippen molar-refractivity contribution in [1.29, 1.82) is 0 Å². The number of likely N-dealkylation sites (N-methyl/N-ethyl adjacent to an activating group) is 1. The second kappa shape index (κ2) is 6.49. The summed E-state index contributed by atoms with van der Waals surface area (Å²) < 4.78 is 36.7. The number of allylic oxidation sites excluding steroid dienone is 2. The molecule has 0 fully saturated rings. The molecule has 0 aromatic heterocycles. The predicted octanol–water partition coefficient (Wildman–Crippen LogP) is 3.36. The zero-order valence-corrected chi connectivity index (χ0v) is 10.5. The third kappa shape index (κ3) is 5.58. The highest BCUT2D eigenvalue weighted by Crippen LogP contribution is 2.20. The van der Waals surface area contributed by atoms with E-state index in [-0.39, 0.29) is 13.0 Å². The van der Waals surface area contributed by atoms with Gasteiger partial charge in [-0.15, -0.1) is 0 Å². The molecule has 5 heteroatoms. The van der Waals surface area contributed by atoms with Gasteiger partial charge in [0.1, 0.15) is 0 Å². The Bertz CT molecular complexity index is 305. The molecule has 17 heavy (non-hydrogen) atoms. The van der Waals surface area contributed by atoms with Crippen molar-refractivity contribution in [2.45, 2.75) is 19.6 Å². The average molecular weight is 248 g/mol. The van der Waals surface area contributed by atoms with Gasteiger partial charge in [-0.05, 0) is 20.0 Å². The molecule has 0 heterocycles. The van der Waals surface area contributed by atoms with E-state index in [9.17, 15) is 13.2 Å². The standard InChI is InChI=1S/C12H19F3N2/c1-6-7-10(2)17(5)11(3)8-9-16(4)12(13,14)15/h6-7H,2-3,8-9H2,1,4-5H3/b7-6-. The van der Waals surface area contributed by atoms with Gasteiger partial charge in [0.05, 0.1) is 0 Å². The van der Waals surface area contributed by atoms with Crippen LogP contribution >= 0.6 is 0 Å². The van der Waals surface area contributed by atoms with Crippen LogP contribution in [0.25, 0.3) is 0 Å². The lowest BCUT2D eigenvalue weighted by atomic mass is 10.2. The van der Waals surface area contributed by atoms with Crippen molar-refractivity contribution in [3.05, 3.63) is 36.7 Å². The fourth-order valence-electron chi connectivity index (χ4n) is 1.10. The van der Waals surface area contributed by atoms with E-state index in [4.69, 9.17) is 0 Å². The van der Waals surface area contributed by atoms with Gasteiger partial charge in [0, 0.05) is 31.4 Å². The van der Waals surface area contributed by atoms with Crippen molar-refractivity contribution in [3.63, 3.8) is 0 Å². The highest BCUT2D eigenvalue weighted by molar-refractivity contribution is 5.17. The molecule has 0 aliphatic heterocycles. The molecule has 0 aliphatic carbocycles. The molecule has 0 aromatic rings. The summed E-state index contributed by atoms with van der Waals surface area (Å²) in [5.41, 5.74) is 1.30. The molecule has 0 N–H and O–H groups in total. The molecule has 0 spiro atoms. The van der Waals surface area contributed by atoms with Gasteiger partial charge in [-0.25, -0.2) is 4.90 Å². The van der Waals surface area contributed by atoms with Crippen LogP contribution in [0, 0.1) is 0 Å². The summed E-state index contributed by atoms with van der Waals surface area (Å²) in [6, 6.07) is 0. The largest absolute Gasteiger partial charge is 0.459 e. The summed E-state index contributed by atoms with van der Waals surface area (Å²) in [5, 5.41) is 0. The molecule has 0 aromatic carbocycles. The fraction of sp³-hybridized carbons (Fsp3) is 0.500.